The summed E-state index contributed by atoms with van der Waals surface area (Å²) in [6, 6.07) is 18.7. The van der Waals surface area contributed by atoms with Crippen LogP contribution in [0.5, 0.6) is 5.75 Å². The second-order valence-corrected chi connectivity index (χ2v) is 6.70. The molecule has 3 amide bonds. The highest BCUT2D eigenvalue weighted by atomic mass is 16.5. The number of hydrogen-bond acceptors (Lipinski definition) is 4. The van der Waals surface area contributed by atoms with Crippen LogP contribution in [0.4, 0.5) is 11.4 Å². The molecule has 0 atom stereocenters. The van der Waals surface area contributed by atoms with E-state index in [1.165, 1.54) is 7.11 Å². The van der Waals surface area contributed by atoms with Crippen molar-refractivity contribution in [1.82, 2.24) is 0 Å². The van der Waals surface area contributed by atoms with Crippen LogP contribution in [-0.2, 0) is 0 Å². The molecule has 0 saturated carbocycles. The monoisotopic (exact) mass is 386 g/mol. The molecule has 0 saturated heterocycles. The second kappa shape index (κ2) is 7.24. The molecule has 0 fully saturated rings. The number of amides is 3. The van der Waals surface area contributed by atoms with Gasteiger partial charge in [0.1, 0.15) is 5.75 Å². The number of nitrogens with zero attached hydrogens (tertiary/aromatic N) is 1. The predicted molar refractivity (Wildman–Crippen MR) is 110 cm³/mol. The highest BCUT2D eigenvalue weighted by molar-refractivity contribution is 6.34. The molecular weight excluding hydrogens is 368 g/mol. The molecule has 1 N–H and O–H groups in total. The Morgan fingerprint density at radius 2 is 1.59 bits per heavy atom. The number of nitrogens with one attached hydrogen (secondary N) is 1. The van der Waals surface area contributed by atoms with Gasteiger partial charge in [0.15, 0.2) is 0 Å². The lowest BCUT2D eigenvalue weighted by atomic mass is 10.1. The van der Waals surface area contributed by atoms with E-state index in [9.17, 15) is 14.4 Å². The fourth-order valence-corrected chi connectivity index (χ4v) is 3.34. The molecule has 0 spiro atoms. The lowest BCUT2D eigenvalue weighted by molar-refractivity contribution is 0.0923. The minimum absolute atomic E-state index is 0.260. The van der Waals surface area contributed by atoms with Crippen LogP contribution in [0.25, 0.3) is 0 Å². The SMILES string of the molecule is COc1cc(NC(=O)c2cccc(C)c2)ccc1N1C(=O)c2ccccc2C1=O. The number of fused-ring (bicyclic) bond motifs is 1. The quantitative estimate of drug-likeness (QED) is 0.686. The van der Waals surface area contributed by atoms with Gasteiger partial charge in [-0.3, -0.25) is 14.4 Å². The first-order chi connectivity index (χ1) is 14.0. The van der Waals surface area contributed by atoms with Crippen LogP contribution in [0.15, 0.2) is 66.7 Å². The van der Waals surface area contributed by atoms with Gasteiger partial charge in [0, 0.05) is 17.3 Å². The number of benzene rings is 3. The van der Waals surface area contributed by atoms with Gasteiger partial charge >= 0.3 is 0 Å². The molecule has 3 aromatic carbocycles. The summed E-state index contributed by atoms with van der Waals surface area (Å²) >= 11 is 0. The zero-order valence-corrected chi connectivity index (χ0v) is 15.9. The Morgan fingerprint density at radius 3 is 2.21 bits per heavy atom. The summed E-state index contributed by atoms with van der Waals surface area (Å²) in [7, 11) is 1.45. The molecule has 6 heteroatoms. The van der Waals surface area contributed by atoms with Crippen LogP contribution in [0.1, 0.15) is 36.6 Å². The molecular formula is C23H18N2O4. The molecule has 1 heterocycles. The van der Waals surface area contributed by atoms with Gasteiger partial charge in [-0.25, -0.2) is 4.90 Å². The van der Waals surface area contributed by atoms with Crippen molar-refractivity contribution >= 4 is 29.1 Å². The van der Waals surface area contributed by atoms with E-state index in [-0.39, 0.29) is 5.91 Å². The zero-order valence-electron chi connectivity index (χ0n) is 15.9. The summed E-state index contributed by atoms with van der Waals surface area (Å²) in [5, 5.41) is 2.81. The predicted octanol–water partition coefficient (Wildman–Crippen LogP) is 4.06. The van der Waals surface area contributed by atoms with Gasteiger partial charge in [-0.1, -0.05) is 29.8 Å². The number of hydrogen-bond donors (Lipinski definition) is 1. The Hall–Kier alpha value is -3.93. The van der Waals surface area contributed by atoms with Crippen molar-refractivity contribution in [1.29, 1.82) is 0 Å². The molecule has 1 aliphatic rings. The minimum Gasteiger partial charge on any atom is -0.494 e. The number of anilines is 2. The first-order valence-electron chi connectivity index (χ1n) is 9.03. The van der Waals surface area contributed by atoms with Gasteiger partial charge in [0.2, 0.25) is 0 Å². The maximum Gasteiger partial charge on any atom is 0.266 e. The van der Waals surface area contributed by atoms with E-state index in [1.54, 1.807) is 54.6 Å². The van der Waals surface area contributed by atoms with Crippen LogP contribution in [0.3, 0.4) is 0 Å². The smallest absolute Gasteiger partial charge is 0.266 e. The lowest BCUT2D eigenvalue weighted by Crippen LogP contribution is -2.29. The van der Waals surface area contributed by atoms with Crippen LogP contribution in [0.2, 0.25) is 0 Å². The third-order valence-corrected chi connectivity index (χ3v) is 4.75. The van der Waals surface area contributed by atoms with Crippen LogP contribution < -0.4 is 15.0 Å². The summed E-state index contributed by atoms with van der Waals surface area (Å²) < 4.78 is 5.40. The Kier molecular flexibility index (Phi) is 4.60. The van der Waals surface area contributed by atoms with E-state index in [1.807, 2.05) is 19.1 Å². The van der Waals surface area contributed by atoms with Crippen molar-refractivity contribution in [3.05, 3.63) is 89.0 Å². The maximum atomic E-state index is 12.7. The Bertz CT molecular complexity index is 1120. The van der Waals surface area contributed by atoms with E-state index in [4.69, 9.17) is 4.74 Å². The standard InChI is InChI=1S/C23H18N2O4/c1-14-6-5-7-15(12-14)21(26)24-16-10-11-19(20(13-16)29-2)25-22(27)17-8-3-4-9-18(17)23(25)28/h3-13H,1-2H3,(H,24,26). The molecule has 0 unspecified atom stereocenters. The normalized spacial score (nSPS) is 12.7. The van der Waals surface area contributed by atoms with Crippen molar-refractivity contribution in [2.75, 3.05) is 17.3 Å². The largest absolute Gasteiger partial charge is 0.494 e. The van der Waals surface area contributed by atoms with E-state index < -0.39 is 11.8 Å². The fourth-order valence-electron chi connectivity index (χ4n) is 3.34. The fraction of sp³-hybridized carbons (Fsp3) is 0.0870. The van der Waals surface area contributed by atoms with Crippen molar-refractivity contribution in [2.45, 2.75) is 6.92 Å². The number of aryl methyl sites for hydroxylation is 1. The van der Waals surface area contributed by atoms with Gasteiger partial charge in [-0.2, -0.15) is 0 Å². The third-order valence-electron chi connectivity index (χ3n) is 4.75. The number of methoxy groups -OCH3 is 1. The average molecular weight is 386 g/mol. The minimum atomic E-state index is -0.402. The molecule has 0 radical (unpaired) electrons. The topological polar surface area (TPSA) is 75.7 Å². The zero-order chi connectivity index (χ0) is 20.5. The van der Waals surface area contributed by atoms with E-state index >= 15 is 0 Å². The van der Waals surface area contributed by atoms with Crippen molar-refractivity contribution in [3.63, 3.8) is 0 Å². The van der Waals surface area contributed by atoms with Crippen molar-refractivity contribution < 1.29 is 19.1 Å². The second-order valence-electron chi connectivity index (χ2n) is 6.70. The average Bonchev–Trinajstić information content (AvgIpc) is 2.98. The molecule has 0 aliphatic carbocycles. The van der Waals surface area contributed by atoms with Gasteiger partial charge in [-0.15, -0.1) is 0 Å². The molecule has 29 heavy (non-hydrogen) atoms. The molecule has 144 valence electrons. The number of imide groups is 1. The maximum absolute atomic E-state index is 12.7. The van der Waals surface area contributed by atoms with Crippen LogP contribution in [-0.4, -0.2) is 24.8 Å². The van der Waals surface area contributed by atoms with Crippen LogP contribution >= 0.6 is 0 Å². The summed E-state index contributed by atoms with van der Waals surface area (Å²) in [6.45, 7) is 1.91. The molecule has 0 aromatic heterocycles. The first kappa shape index (κ1) is 18.4. The van der Waals surface area contributed by atoms with Crippen molar-refractivity contribution in [3.8, 4) is 5.75 Å². The van der Waals surface area contributed by atoms with E-state index in [0.29, 0.717) is 33.8 Å². The molecule has 6 nitrogen and oxygen atoms in total. The number of carbonyl (C=O) groups is 3. The third kappa shape index (κ3) is 3.25. The summed E-state index contributed by atoms with van der Waals surface area (Å²) in [5.41, 5.74) is 3.05. The first-order valence-corrected chi connectivity index (χ1v) is 9.03. The van der Waals surface area contributed by atoms with E-state index in [2.05, 4.69) is 5.32 Å². The summed E-state index contributed by atoms with van der Waals surface area (Å²) in [5.74, 6) is -0.758. The Morgan fingerprint density at radius 1 is 0.897 bits per heavy atom. The number of carbonyl (C=O) groups excluding carboxylic acids is 3. The highest BCUT2D eigenvalue weighted by Crippen LogP contribution is 2.36. The molecule has 1 aliphatic heterocycles. The molecule has 4 rings (SSSR count). The number of ether oxygens (including phenoxy) is 1. The molecule has 0 bridgehead atoms. The lowest BCUT2D eigenvalue weighted by Gasteiger charge is -2.18. The number of rotatable bonds is 4. The summed E-state index contributed by atoms with van der Waals surface area (Å²) in [4.78, 5) is 39.1. The Labute approximate surface area is 167 Å². The van der Waals surface area contributed by atoms with Gasteiger partial charge in [0.05, 0.1) is 23.9 Å². The summed E-state index contributed by atoms with van der Waals surface area (Å²) in [6.07, 6.45) is 0. The van der Waals surface area contributed by atoms with Gasteiger partial charge in [0.25, 0.3) is 17.7 Å². The van der Waals surface area contributed by atoms with Crippen molar-refractivity contribution in [2.24, 2.45) is 0 Å². The van der Waals surface area contributed by atoms with E-state index in [0.717, 1.165) is 10.5 Å². The van der Waals surface area contributed by atoms with Gasteiger partial charge < -0.3 is 10.1 Å². The van der Waals surface area contributed by atoms with Gasteiger partial charge in [-0.05, 0) is 43.3 Å². The molecule has 3 aromatic rings. The Balaban J connectivity index is 1.64. The highest BCUT2D eigenvalue weighted by Gasteiger charge is 2.37. The van der Waals surface area contributed by atoms with Crippen LogP contribution in [0, 0.1) is 6.92 Å².